The summed E-state index contributed by atoms with van der Waals surface area (Å²) in [4.78, 5) is 0. The van der Waals surface area contributed by atoms with E-state index in [0.717, 1.165) is 5.56 Å². The summed E-state index contributed by atoms with van der Waals surface area (Å²) < 4.78 is 5.29. The zero-order valence-corrected chi connectivity index (χ0v) is 8.79. The molecule has 0 heterocycles. The molecule has 0 aliphatic carbocycles. The van der Waals surface area contributed by atoms with Crippen LogP contribution in [0.3, 0.4) is 0 Å². The molecule has 0 amide bonds. The summed E-state index contributed by atoms with van der Waals surface area (Å²) in [7, 11) is 0. The van der Waals surface area contributed by atoms with Gasteiger partial charge >= 0.3 is 0 Å². The van der Waals surface area contributed by atoms with E-state index in [-0.39, 0.29) is 6.61 Å². The molecule has 76 valence electrons. The van der Waals surface area contributed by atoms with E-state index in [0.29, 0.717) is 17.4 Å². The molecule has 0 bridgehead atoms. The molecule has 1 aromatic rings. The summed E-state index contributed by atoms with van der Waals surface area (Å²) in [5.74, 6) is 0.690. The number of hydrogen-bond acceptors (Lipinski definition) is 2. The van der Waals surface area contributed by atoms with E-state index in [1.165, 1.54) is 0 Å². The fraction of sp³-hybridized carbons (Fsp3) is 0.273. The quantitative estimate of drug-likeness (QED) is 0.832. The summed E-state index contributed by atoms with van der Waals surface area (Å²) in [5, 5.41) is 9.18. The van der Waals surface area contributed by atoms with Gasteiger partial charge in [0.25, 0.3) is 0 Å². The van der Waals surface area contributed by atoms with Gasteiger partial charge in [0.1, 0.15) is 5.75 Å². The van der Waals surface area contributed by atoms with Gasteiger partial charge in [-0.05, 0) is 24.6 Å². The van der Waals surface area contributed by atoms with Crippen molar-refractivity contribution in [1.29, 1.82) is 0 Å². The Bertz CT molecular complexity index is 321. The second-order valence-electron chi connectivity index (χ2n) is 2.71. The molecule has 0 saturated carbocycles. The molecule has 0 aliphatic rings. The maximum atomic E-state index is 8.59. The summed E-state index contributed by atoms with van der Waals surface area (Å²) >= 11 is 5.97. The van der Waals surface area contributed by atoms with Crippen molar-refractivity contribution >= 4 is 17.7 Å². The SMILES string of the molecule is CCOc1ccc(C=CCO)cc1Cl. The van der Waals surface area contributed by atoms with Gasteiger partial charge in [-0.25, -0.2) is 0 Å². The molecule has 1 aromatic carbocycles. The van der Waals surface area contributed by atoms with Crippen LogP contribution in [-0.2, 0) is 0 Å². The Morgan fingerprint density at radius 3 is 2.86 bits per heavy atom. The second-order valence-corrected chi connectivity index (χ2v) is 3.12. The van der Waals surface area contributed by atoms with Gasteiger partial charge in [0.2, 0.25) is 0 Å². The van der Waals surface area contributed by atoms with Crippen LogP contribution in [0.25, 0.3) is 6.08 Å². The third-order valence-electron chi connectivity index (χ3n) is 1.67. The van der Waals surface area contributed by atoms with E-state index in [2.05, 4.69) is 0 Å². The summed E-state index contributed by atoms with van der Waals surface area (Å²) in [6, 6.07) is 5.52. The van der Waals surface area contributed by atoms with E-state index in [1.54, 1.807) is 12.1 Å². The normalized spacial score (nSPS) is 10.8. The van der Waals surface area contributed by atoms with Crippen molar-refractivity contribution in [2.24, 2.45) is 0 Å². The van der Waals surface area contributed by atoms with Crippen LogP contribution in [0.5, 0.6) is 5.75 Å². The maximum Gasteiger partial charge on any atom is 0.137 e. The molecular formula is C11H13ClO2. The molecule has 0 atom stereocenters. The van der Waals surface area contributed by atoms with Crippen molar-refractivity contribution in [3.05, 3.63) is 34.9 Å². The van der Waals surface area contributed by atoms with Gasteiger partial charge in [0.15, 0.2) is 0 Å². The van der Waals surface area contributed by atoms with Crippen LogP contribution in [0.4, 0.5) is 0 Å². The lowest BCUT2D eigenvalue weighted by atomic mass is 10.2. The third kappa shape index (κ3) is 3.05. The van der Waals surface area contributed by atoms with Crippen molar-refractivity contribution in [1.82, 2.24) is 0 Å². The lowest BCUT2D eigenvalue weighted by molar-refractivity contribution is 0.340. The largest absolute Gasteiger partial charge is 0.492 e. The minimum absolute atomic E-state index is 0.0326. The first-order valence-corrected chi connectivity index (χ1v) is 4.85. The minimum atomic E-state index is 0.0326. The molecule has 3 heteroatoms. The fourth-order valence-corrected chi connectivity index (χ4v) is 1.33. The van der Waals surface area contributed by atoms with Crippen molar-refractivity contribution < 1.29 is 9.84 Å². The number of benzene rings is 1. The first kappa shape index (κ1) is 11.1. The predicted octanol–water partition coefficient (Wildman–Crippen LogP) is 2.74. The zero-order chi connectivity index (χ0) is 10.4. The van der Waals surface area contributed by atoms with Gasteiger partial charge in [0.05, 0.1) is 18.2 Å². The molecular weight excluding hydrogens is 200 g/mol. The third-order valence-corrected chi connectivity index (χ3v) is 1.97. The number of aliphatic hydroxyl groups excluding tert-OH is 1. The minimum Gasteiger partial charge on any atom is -0.492 e. The summed E-state index contributed by atoms with van der Waals surface area (Å²) in [6.07, 6.45) is 3.47. The number of halogens is 1. The Morgan fingerprint density at radius 2 is 2.29 bits per heavy atom. The lowest BCUT2D eigenvalue weighted by Crippen LogP contribution is -1.91. The smallest absolute Gasteiger partial charge is 0.137 e. The van der Waals surface area contributed by atoms with Gasteiger partial charge < -0.3 is 9.84 Å². The van der Waals surface area contributed by atoms with Crippen LogP contribution in [0, 0.1) is 0 Å². The molecule has 0 fully saturated rings. The zero-order valence-electron chi connectivity index (χ0n) is 8.03. The molecule has 0 aromatic heterocycles. The van der Waals surface area contributed by atoms with Crippen LogP contribution in [0.1, 0.15) is 12.5 Å². The lowest BCUT2D eigenvalue weighted by Gasteiger charge is -2.05. The van der Waals surface area contributed by atoms with Gasteiger partial charge in [-0.3, -0.25) is 0 Å². The van der Waals surface area contributed by atoms with Crippen molar-refractivity contribution in [3.63, 3.8) is 0 Å². The number of hydrogen-bond donors (Lipinski definition) is 1. The summed E-state index contributed by atoms with van der Waals surface area (Å²) in [6.45, 7) is 2.55. The van der Waals surface area contributed by atoms with Gasteiger partial charge in [-0.1, -0.05) is 29.8 Å². The predicted molar refractivity (Wildman–Crippen MR) is 58.7 cm³/mol. The number of ether oxygens (including phenoxy) is 1. The average Bonchev–Trinajstić information content (AvgIpc) is 2.19. The van der Waals surface area contributed by atoms with Crippen molar-refractivity contribution in [2.45, 2.75) is 6.92 Å². The molecule has 0 saturated heterocycles. The van der Waals surface area contributed by atoms with Gasteiger partial charge in [0, 0.05) is 0 Å². The molecule has 14 heavy (non-hydrogen) atoms. The highest BCUT2D eigenvalue weighted by Gasteiger charge is 1.99. The van der Waals surface area contributed by atoms with Crippen LogP contribution < -0.4 is 4.74 Å². The maximum absolute atomic E-state index is 8.59. The highest BCUT2D eigenvalue weighted by Crippen LogP contribution is 2.25. The standard InChI is InChI=1S/C11H13ClO2/c1-2-14-11-6-5-9(4-3-7-13)8-10(11)12/h3-6,8,13H,2,7H2,1H3. The van der Waals surface area contributed by atoms with Crippen LogP contribution >= 0.6 is 11.6 Å². The molecule has 0 unspecified atom stereocenters. The van der Waals surface area contributed by atoms with Crippen LogP contribution in [0.2, 0.25) is 5.02 Å². The Kier molecular flexibility index (Phi) is 4.50. The Hall–Kier alpha value is -0.990. The topological polar surface area (TPSA) is 29.5 Å². The Balaban J connectivity index is 2.83. The molecule has 0 spiro atoms. The molecule has 2 nitrogen and oxygen atoms in total. The first-order valence-electron chi connectivity index (χ1n) is 4.47. The highest BCUT2D eigenvalue weighted by molar-refractivity contribution is 6.32. The molecule has 0 radical (unpaired) electrons. The first-order chi connectivity index (χ1) is 6.77. The Labute approximate surface area is 88.8 Å². The second kappa shape index (κ2) is 5.68. The van der Waals surface area contributed by atoms with Gasteiger partial charge in [-0.15, -0.1) is 0 Å². The van der Waals surface area contributed by atoms with E-state index in [9.17, 15) is 0 Å². The van der Waals surface area contributed by atoms with E-state index < -0.39 is 0 Å². The van der Waals surface area contributed by atoms with Crippen LogP contribution in [-0.4, -0.2) is 18.3 Å². The van der Waals surface area contributed by atoms with Crippen LogP contribution in [0.15, 0.2) is 24.3 Å². The van der Waals surface area contributed by atoms with Gasteiger partial charge in [-0.2, -0.15) is 0 Å². The van der Waals surface area contributed by atoms with E-state index in [1.807, 2.05) is 25.1 Å². The van der Waals surface area contributed by atoms with Crippen molar-refractivity contribution in [3.8, 4) is 5.75 Å². The fourth-order valence-electron chi connectivity index (χ4n) is 1.08. The average molecular weight is 213 g/mol. The summed E-state index contributed by atoms with van der Waals surface area (Å²) in [5.41, 5.74) is 0.951. The Morgan fingerprint density at radius 1 is 1.50 bits per heavy atom. The monoisotopic (exact) mass is 212 g/mol. The molecule has 1 rings (SSSR count). The number of aliphatic hydroxyl groups is 1. The van der Waals surface area contributed by atoms with E-state index >= 15 is 0 Å². The van der Waals surface area contributed by atoms with E-state index in [4.69, 9.17) is 21.4 Å². The number of rotatable bonds is 4. The van der Waals surface area contributed by atoms with Crippen molar-refractivity contribution in [2.75, 3.05) is 13.2 Å². The molecule has 1 N–H and O–H groups in total. The highest BCUT2D eigenvalue weighted by atomic mass is 35.5. The molecule has 0 aliphatic heterocycles.